The molecule has 6 heteroatoms. The van der Waals surface area contributed by atoms with Gasteiger partial charge in [-0.3, -0.25) is 0 Å². The van der Waals surface area contributed by atoms with Gasteiger partial charge in [-0.15, -0.1) is 0 Å². The van der Waals surface area contributed by atoms with Crippen LogP contribution in [-0.2, 0) is 11.2 Å². The molecule has 0 fully saturated rings. The molecule has 0 saturated heterocycles. The molecule has 1 heterocycles. The van der Waals surface area contributed by atoms with Crippen LogP contribution in [0.15, 0.2) is 12.4 Å². The Balaban J connectivity index is 2.23. The Labute approximate surface area is 133 Å². The summed E-state index contributed by atoms with van der Waals surface area (Å²) in [6.07, 6.45) is 2.94. The van der Waals surface area contributed by atoms with Gasteiger partial charge in [0, 0.05) is 24.8 Å². The molecule has 0 aliphatic carbocycles. The van der Waals surface area contributed by atoms with Crippen molar-refractivity contribution in [2.75, 3.05) is 18.4 Å². The first-order valence-electron chi connectivity index (χ1n) is 7.78. The Morgan fingerprint density at radius 2 is 2.00 bits per heavy atom. The number of carbonyl (C=O) groups excluding carboxylic acids is 1. The van der Waals surface area contributed by atoms with Crippen LogP contribution in [0.4, 0.5) is 10.6 Å². The van der Waals surface area contributed by atoms with Crippen LogP contribution in [0.1, 0.15) is 46.7 Å². The fraction of sp³-hybridized carbons (Fsp3) is 0.688. The van der Waals surface area contributed by atoms with E-state index in [2.05, 4.69) is 34.4 Å². The third-order valence-electron chi connectivity index (χ3n) is 2.67. The molecule has 1 aromatic heterocycles. The van der Waals surface area contributed by atoms with Gasteiger partial charge in [0.05, 0.1) is 0 Å². The number of nitrogens with one attached hydrogen (secondary N) is 2. The zero-order valence-corrected chi connectivity index (χ0v) is 14.3. The molecule has 1 amide bonds. The molecule has 1 rings (SSSR count). The van der Waals surface area contributed by atoms with Gasteiger partial charge in [-0.05, 0) is 39.5 Å². The Morgan fingerprint density at radius 3 is 2.64 bits per heavy atom. The molecule has 124 valence electrons. The highest BCUT2D eigenvalue weighted by atomic mass is 16.6. The van der Waals surface area contributed by atoms with E-state index < -0.39 is 5.60 Å². The van der Waals surface area contributed by atoms with E-state index >= 15 is 0 Å². The second-order valence-corrected chi connectivity index (χ2v) is 6.70. The van der Waals surface area contributed by atoms with Crippen molar-refractivity contribution in [1.82, 2.24) is 15.3 Å². The third kappa shape index (κ3) is 8.44. The number of ether oxygens (including phenoxy) is 1. The van der Waals surface area contributed by atoms with Crippen molar-refractivity contribution in [2.24, 2.45) is 5.92 Å². The number of alkyl carbamates (subject to hydrolysis) is 1. The normalized spacial score (nSPS) is 11.4. The summed E-state index contributed by atoms with van der Waals surface area (Å²) in [6, 6.07) is 1.97. The van der Waals surface area contributed by atoms with Crippen molar-refractivity contribution in [2.45, 2.75) is 53.1 Å². The molecule has 0 atom stereocenters. The molecule has 0 aliphatic heterocycles. The highest BCUT2D eigenvalue weighted by molar-refractivity contribution is 5.67. The summed E-state index contributed by atoms with van der Waals surface area (Å²) >= 11 is 0. The van der Waals surface area contributed by atoms with Crippen LogP contribution < -0.4 is 10.6 Å². The highest BCUT2D eigenvalue weighted by Gasteiger charge is 2.15. The van der Waals surface area contributed by atoms with Crippen molar-refractivity contribution in [3.63, 3.8) is 0 Å². The minimum absolute atomic E-state index is 0.381. The number of nitrogens with zero attached hydrogens (tertiary/aromatic N) is 2. The van der Waals surface area contributed by atoms with Crippen LogP contribution in [0.25, 0.3) is 0 Å². The van der Waals surface area contributed by atoms with E-state index in [1.807, 2.05) is 26.8 Å². The predicted molar refractivity (Wildman–Crippen MR) is 87.9 cm³/mol. The Hall–Kier alpha value is -1.85. The van der Waals surface area contributed by atoms with E-state index in [9.17, 15) is 4.79 Å². The maximum absolute atomic E-state index is 11.5. The summed E-state index contributed by atoms with van der Waals surface area (Å²) < 4.78 is 5.16. The average molecular weight is 308 g/mol. The number of carbonyl (C=O) groups is 1. The topological polar surface area (TPSA) is 76.1 Å². The van der Waals surface area contributed by atoms with Crippen LogP contribution in [0.5, 0.6) is 0 Å². The van der Waals surface area contributed by atoms with Gasteiger partial charge in [0.2, 0.25) is 0 Å². The SMILES string of the molecule is CC(C)Cc1cc(NCCCNC(=O)OC(C)(C)C)ncn1. The standard InChI is InChI=1S/C16H28N4O2/c1-12(2)9-13-10-14(20-11-19-13)17-7-6-8-18-15(21)22-16(3,4)5/h10-12H,6-9H2,1-5H3,(H,18,21)(H,17,19,20). The zero-order valence-electron chi connectivity index (χ0n) is 14.3. The Bertz CT molecular complexity index is 469. The lowest BCUT2D eigenvalue weighted by Crippen LogP contribution is -2.33. The Kier molecular flexibility index (Phi) is 7.08. The van der Waals surface area contributed by atoms with Crippen LogP contribution >= 0.6 is 0 Å². The minimum Gasteiger partial charge on any atom is -0.444 e. The number of aromatic nitrogens is 2. The lowest BCUT2D eigenvalue weighted by Gasteiger charge is -2.19. The molecule has 0 aliphatic rings. The molecule has 22 heavy (non-hydrogen) atoms. The van der Waals surface area contributed by atoms with Crippen LogP contribution in [-0.4, -0.2) is 34.8 Å². The fourth-order valence-electron chi connectivity index (χ4n) is 1.83. The van der Waals surface area contributed by atoms with Crippen LogP contribution in [0, 0.1) is 5.92 Å². The van der Waals surface area contributed by atoms with Crippen molar-refractivity contribution in [3.05, 3.63) is 18.1 Å². The van der Waals surface area contributed by atoms with E-state index in [1.54, 1.807) is 6.33 Å². The summed E-state index contributed by atoms with van der Waals surface area (Å²) in [5.74, 6) is 1.39. The predicted octanol–water partition coefficient (Wildman–Crippen LogP) is 3.00. The number of hydrogen-bond acceptors (Lipinski definition) is 5. The van der Waals surface area contributed by atoms with Gasteiger partial charge >= 0.3 is 6.09 Å². The van der Waals surface area contributed by atoms with Crippen LogP contribution in [0.2, 0.25) is 0 Å². The first-order chi connectivity index (χ1) is 10.3. The van der Waals surface area contributed by atoms with E-state index in [4.69, 9.17) is 4.74 Å². The number of amides is 1. The summed E-state index contributed by atoms with van der Waals surface area (Å²) in [5, 5.41) is 5.97. The van der Waals surface area contributed by atoms with Crippen molar-refractivity contribution >= 4 is 11.9 Å². The van der Waals surface area contributed by atoms with Gasteiger partial charge in [0.25, 0.3) is 0 Å². The van der Waals surface area contributed by atoms with Crippen molar-refractivity contribution in [3.8, 4) is 0 Å². The summed E-state index contributed by atoms with van der Waals surface area (Å²) in [5.41, 5.74) is 0.579. The highest BCUT2D eigenvalue weighted by Crippen LogP contribution is 2.09. The maximum Gasteiger partial charge on any atom is 0.407 e. The van der Waals surface area contributed by atoms with Gasteiger partial charge < -0.3 is 15.4 Å². The van der Waals surface area contributed by atoms with E-state index in [1.165, 1.54) is 0 Å². The van der Waals surface area contributed by atoms with Gasteiger partial charge in [-0.2, -0.15) is 0 Å². The third-order valence-corrected chi connectivity index (χ3v) is 2.67. The van der Waals surface area contributed by atoms with Gasteiger partial charge in [-0.25, -0.2) is 14.8 Å². The van der Waals surface area contributed by atoms with Crippen molar-refractivity contribution < 1.29 is 9.53 Å². The molecule has 0 radical (unpaired) electrons. The second-order valence-electron chi connectivity index (χ2n) is 6.70. The van der Waals surface area contributed by atoms with E-state index in [-0.39, 0.29) is 6.09 Å². The molecule has 2 N–H and O–H groups in total. The van der Waals surface area contributed by atoms with Crippen LogP contribution in [0.3, 0.4) is 0 Å². The number of hydrogen-bond donors (Lipinski definition) is 2. The summed E-state index contributed by atoms with van der Waals surface area (Å²) in [4.78, 5) is 19.9. The molecular formula is C16H28N4O2. The quantitative estimate of drug-likeness (QED) is 0.757. The van der Waals surface area contributed by atoms with E-state index in [0.717, 1.165) is 30.9 Å². The monoisotopic (exact) mass is 308 g/mol. The molecule has 6 nitrogen and oxygen atoms in total. The molecule has 0 spiro atoms. The summed E-state index contributed by atoms with van der Waals surface area (Å²) in [7, 11) is 0. The largest absolute Gasteiger partial charge is 0.444 e. The van der Waals surface area contributed by atoms with Gasteiger partial charge in [-0.1, -0.05) is 13.8 Å². The molecule has 0 saturated carbocycles. The number of rotatable bonds is 7. The first kappa shape index (κ1) is 18.2. The minimum atomic E-state index is -0.462. The molecule has 0 unspecified atom stereocenters. The molecule has 0 aromatic carbocycles. The summed E-state index contributed by atoms with van der Waals surface area (Å²) in [6.45, 7) is 11.2. The van der Waals surface area contributed by atoms with E-state index in [0.29, 0.717) is 12.5 Å². The maximum atomic E-state index is 11.5. The van der Waals surface area contributed by atoms with Gasteiger partial charge in [0.1, 0.15) is 17.7 Å². The Morgan fingerprint density at radius 1 is 1.27 bits per heavy atom. The molecule has 0 bridgehead atoms. The smallest absolute Gasteiger partial charge is 0.407 e. The van der Waals surface area contributed by atoms with Crippen molar-refractivity contribution in [1.29, 1.82) is 0 Å². The fourth-order valence-corrected chi connectivity index (χ4v) is 1.83. The average Bonchev–Trinajstić information content (AvgIpc) is 2.35. The number of anilines is 1. The zero-order chi connectivity index (χ0) is 16.6. The first-order valence-corrected chi connectivity index (χ1v) is 7.78. The lowest BCUT2D eigenvalue weighted by atomic mass is 10.1. The second kappa shape index (κ2) is 8.56. The molecular weight excluding hydrogens is 280 g/mol. The van der Waals surface area contributed by atoms with Gasteiger partial charge in [0.15, 0.2) is 0 Å². The molecule has 1 aromatic rings. The lowest BCUT2D eigenvalue weighted by molar-refractivity contribution is 0.0528.